The third kappa shape index (κ3) is 6.47. The Morgan fingerprint density at radius 2 is 1.63 bits per heavy atom. The summed E-state index contributed by atoms with van der Waals surface area (Å²) in [5.74, 6) is -0.993. The number of nitrogens with zero attached hydrogens (tertiary/aromatic N) is 1. The van der Waals surface area contributed by atoms with Crippen LogP contribution in [0, 0.1) is 0 Å². The van der Waals surface area contributed by atoms with Crippen LogP contribution in [0.25, 0.3) is 6.08 Å². The molecule has 186 valence electrons. The number of esters is 1. The molecule has 0 radical (unpaired) electrons. The quantitative estimate of drug-likeness (QED) is 0.234. The highest BCUT2D eigenvalue weighted by Gasteiger charge is 2.35. The lowest BCUT2D eigenvalue weighted by Crippen LogP contribution is -2.27. The maximum absolute atomic E-state index is 13.0. The molecule has 2 aromatic rings. The number of thioether (sulfide) groups is 1. The number of benzene rings is 2. The molecule has 0 spiro atoms. The van der Waals surface area contributed by atoms with Crippen LogP contribution in [0.1, 0.15) is 21.5 Å². The maximum atomic E-state index is 13.0. The predicted molar refractivity (Wildman–Crippen MR) is 131 cm³/mol. The van der Waals surface area contributed by atoms with E-state index in [1.165, 1.54) is 39.5 Å². The van der Waals surface area contributed by atoms with E-state index in [2.05, 4.69) is 0 Å². The van der Waals surface area contributed by atoms with Gasteiger partial charge in [0.25, 0.3) is 11.1 Å². The molecule has 1 heterocycles. The molecule has 12 heteroatoms. The summed E-state index contributed by atoms with van der Waals surface area (Å²) in [6.07, 6.45) is 1.49. The number of imide groups is 1. The fraction of sp³-hybridized carbons (Fsp3) is 0.261. The molecular formula is C23H21Cl2NO8S. The lowest BCUT2D eigenvalue weighted by atomic mass is 10.1. The Hall–Kier alpha value is -2.76. The van der Waals surface area contributed by atoms with E-state index < -0.39 is 17.1 Å². The zero-order chi connectivity index (χ0) is 25.5. The number of methoxy groups -OCH3 is 3. The van der Waals surface area contributed by atoms with Gasteiger partial charge in [0.1, 0.15) is 17.1 Å². The van der Waals surface area contributed by atoms with Crippen LogP contribution in [-0.2, 0) is 25.5 Å². The first-order valence-electron chi connectivity index (χ1n) is 9.98. The van der Waals surface area contributed by atoms with Crippen molar-refractivity contribution in [3.63, 3.8) is 0 Å². The summed E-state index contributed by atoms with van der Waals surface area (Å²) in [5.41, 5.74) is 1.03. The van der Waals surface area contributed by atoms with E-state index in [4.69, 9.17) is 46.9 Å². The Morgan fingerprint density at radius 3 is 2.17 bits per heavy atom. The summed E-state index contributed by atoms with van der Waals surface area (Å²) < 4.78 is 25.8. The van der Waals surface area contributed by atoms with Crippen molar-refractivity contribution < 1.29 is 38.1 Å². The average molecular weight is 542 g/mol. The monoisotopic (exact) mass is 541 g/mol. The van der Waals surface area contributed by atoms with Gasteiger partial charge >= 0.3 is 5.97 Å². The lowest BCUT2D eigenvalue weighted by Gasteiger charge is -2.16. The van der Waals surface area contributed by atoms with Crippen LogP contribution in [0.4, 0.5) is 4.79 Å². The summed E-state index contributed by atoms with van der Waals surface area (Å²) in [5, 5.41) is 0.338. The van der Waals surface area contributed by atoms with Crippen molar-refractivity contribution in [3.05, 3.63) is 62.0 Å². The van der Waals surface area contributed by atoms with Gasteiger partial charge in [-0.25, -0.2) is 4.79 Å². The van der Waals surface area contributed by atoms with Gasteiger partial charge in [0.05, 0.1) is 18.6 Å². The Bertz CT molecular complexity index is 1140. The third-order valence-corrected chi connectivity index (χ3v) is 6.15. The van der Waals surface area contributed by atoms with Gasteiger partial charge in [-0.05, 0) is 53.2 Å². The van der Waals surface area contributed by atoms with Crippen molar-refractivity contribution in [1.29, 1.82) is 0 Å². The minimum atomic E-state index is -0.700. The molecule has 1 aliphatic rings. The smallest absolute Gasteiger partial charge is 0.345 e. The second kappa shape index (κ2) is 12.3. The predicted octanol–water partition coefficient (Wildman–Crippen LogP) is 4.98. The van der Waals surface area contributed by atoms with Gasteiger partial charge in [-0.1, -0.05) is 29.3 Å². The molecule has 2 aromatic carbocycles. The topological polar surface area (TPSA) is 101 Å². The molecule has 0 aromatic heterocycles. The fourth-order valence-electron chi connectivity index (χ4n) is 3.08. The second-order valence-electron chi connectivity index (χ2n) is 6.99. The van der Waals surface area contributed by atoms with Gasteiger partial charge in [-0.15, -0.1) is 0 Å². The van der Waals surface area contributed by atoms with E-state index in [0.717, 1.165) is 16.7 Å². The molecule has 0 unspecified atom stereocenters. The lowest BCUT2D eigenvalue weighted by molar-refractivity contribution is -0.123. The molecule has 3 rings (SSSR count). The van der Waals surface area contributed by atoms with Crippen molar-refractivity contribution >= 4 is 58.2 Å². The molecule has 0 aliphatic carbocycles. The normalized spacial score (nSPS) is 14.5. The number of carbonyl (C=O) groups excluding carboxylic acids is 3. The Morgan fingerprint density at radius 1 is 1.00 bits per heavy atom. The van der Waals surface area contributed by atoms with Crippen LogP contribution in [-0.4, -0.2) is 56.9 Å². The fourth-order valence-corrected chi connectivity index (χ4v) is 4.38. The number of carbonyl (C=O) groups is 3. The highest BCUT2D eigenvalue weighted by Crippen LogP contribution is 2.37. The van der Waals surface area contributed by atoms with E-state index in [9.17, 15) is 14.4 Å². The molecule has 0 saturated carbocycles. The zero-order valence-electron chi connectivity index (χ0n) is 19.0. The van der Waals surface area contributed by atoms with Gasteiger partial charge in [0.15, 0.2) is 13.6 Å². The van der Waals surface area contributed by atoms with E-state index in [0.29, 0.717) is 21.2 Å². The molecule has 1 fully saturated rings. The first-order chi connectivity index (χ1) is 16.8. The first-order valence-corrected chi connectivity index (χ1v) is 11.5. The third-order valence-electron chi connectivity index (χ3n) is 4.66. The minimum Gasteiger partial charge on any atom is -0.466 e. The highest BCUT2D eigenvalue weighted by molar-refractivity contribution is 8.18. The molecule has 0 N–H and O–H groups in total. The van der Waals surface area contributed by atoms with Crippen LogP contribution in [0.5, 0.6) is 11.5 Å². The Kier molecular flexibility index (Phi) is 9.41. The van der Waals surface area contributed by atoms with E-state index in [1.807, 2.05) is 0 Å². The van der Waals surface area contributed by atoms with Crippen LogP contribution in [0.3, 0.4) is 0 Å². The largest absolute Gasteiger partial charge is 0.466 e. The number of ether oxygens (including phenoxy) is 5. The van der Waals surface area contributed by atoms with Gasteiger partial charge in [-0.3, -0.25) is 14.5 Å². The number of hydrogen-bond acceptors (Lipinski definition) is 9. The summed E-state index contributed by atoms with van der Waals surface area (Å²) >= 11 is 12.9. The molecule has 1 aliphatic heterocycles. The van der Waals surface area contributed by atoms with Gasteiger partial charge in [0.2, 0.25) is 0 Å². The van der Waals surface area contributed by atoms with Gasteiger partial charge in [0, 0.05) is 24.3 Å². The average Bonchev–Trinajstić information content (AvgIpc) is 3.09. The summed E-state index contributed by atoms with van der Waals surface area (Å²) in [7, 11) is 4.07. The Labute approximate surface area is 215 Å². The van der Waals surface area contributed by atoms with Crippen LogP contribution in [0.15, 0.2) is 35.2 Å². The standard InChI is InChI=1S/C23H21Cl2NO8S/c1-30-11-33-17-6-13(7-18(34-12-31-2)20(17)22(28)32-3)8-19-21(27)26(23(29)35-19)10-14-4-5-15(24)9-16(14)25/h4-9H,10-12H2,1-3H3/b19-8-. The van der Waals surface area contributed by atoms with E-state index >= 15 is 0 Å². The van der Waals surface area contributed by atoms with Crippen molar-refractivity contribution in [1.82, 2.24) is 4.90 Å². The second-order valence-corrected chi connectivity index (χ2v) is 8.83. The molecule has 0 atom stereocenters. The van der Waals surface area contributed by atoms with Crippen molar-refractivity contribution in [3.8, 4) is 11.5 Å². The maximum Gasteiger partial charge on any atom is 0.345 e. The van der Waals surface area contributed by atoms with Crippen molar-refractivity contribution in [2.24, 2.45) is 0 Å². The zero-order valence-corrected chi connectivity index (χ0v) is 21.3. The minimum absolute atomic E-state index is 0.0102. The Balaban J connectivity index is 1.96. The number of halogens is 2. The van der Waals surface area contributed by atoms with Gasteiger partial charge in [-0.2, -0.15) is 0 Å². The van der Waals surface area contributed by atoms with Crippen LogP contribution >= 0.6 is 35.0 Å². The number of rotatable bonds is 10. The van der Waals surface area contributed by atoms with E-state index in [-0.39, 0.29) is 42.1 Å². The molecular weight excluding hydrogens is 521 g/mol. The molecule has 2 amide bonds. The van der Waals surface area contributed by atoms with Gasteiger partial charge < -0.3 is 23.7 Å². The molecule has 1 saturated heterocycles. The number of amides is 2. The SMILES string of the molecule is COCOc1cc(/C=C2\SC(=O)N(Cc3ccc(Cl)cc3Cl)C2=O)cc(OCOC)c1C(=O)OC. The number of hydrogen-bond donors (Lipinski definition) is 0. The summed E-state index contributed by atoms with van der Waals surface area (Å²) in [6, 6.07) is 7.84. The first kappa shape index (κ1) is 26.8. The molecule has 9 nitrogen and oxygen atoms in total. The van der Waals surface area contributed by atoms with Crippen molar-refractivity contribution in [2.45, 2.75) is 6.54 Å². The van der Waals surface area contributed by atoms with Crippen LogP contribution in [0.2, 0.25) is 10.0 Å². The van der Waals surface area contributed by atoms with E-state index in [1.54, 1.807) is 18.2 Å². The summed E-state index contributed by atoms with van der Waals surface area (Å²) in [6.45, 7) is -0.325. The molecule has 0 bridgehead atoms. The highest BCUT2D eigenvalue weighted by atomic mass is 35.5. The molecule has 35 heavy (non-hydrogen) atoms. The van der Waals surface area contributed by atoms with Crippen LogP contribution < -0.4 is 9.47 Å². The summed E-state index contributed by atoms with van der Waals surface area (Å²) in [4.78, 5) is 39.2. The van der Waals surface area contributed by atoms with Crippen molar-refractivity contribution in [2.75, 3.05) is 34.9 Å².